The standard InChI is InChI=1S/C54H42.Ir/c1-53(2,47-19-6-5-7-20-47)48-30-27-39(28-31-48)41-14-11-16-43(34-41)45-18-12-17-44(35-45)42-15-10-13-40(33-42)37-23-25-38(26-24-37)46-29-32-50-49-21-8-9-22-51(49)54(3,4)52(50)36-46;/h5-25,27-28,30-36H,1-4H3;/q-2;. The van der Waals surface area contributed by atoms with Crippen LogP contribution in [0.5, 0.6) is 0 Å². The van der Waals surface area contributed by atoms with Gasteiger partial charge in [0.15, 0.2) is 0 Å². The molecule has 0 fully saturated rings. The van der Waals surface area contributed by atoms with E-state index in [1.54, 1.807) is 0 Å². The van der Waals surface area contributed by atoms with Gasteiger partial charge in [0, 0.05) is 25.5 Å². The zero-order chi connectivity index (χ0) is 36.9. The molecule has 1 radical (unpaired) electrons. The SMILES string of the molecule is CC(C)(c1ccccc1)c1ccc(-c2cccc(-c3cccc(-c4cccc(-c5c[c-]c(-c6[c-]cc7c(c6)C(C)(C)c6ccccc6-7)cc5)c4)c3)c2)cc1.[Ir]. The molecule has 0 saturated carbocycles. The van der Waals surface area contributed by atoms with Crippen LogP contribution in [0.2, 0.25) is 0 Å². The summed E-state index contributed by atoms with van der Waals surface area (Å²) < 4.78 is 0. The molecule has 0 heterocycles. The van der Waals surface area contributed by atoms with Crippen molar-refractivity contribution in [3.05, 3.63) is 216 Å². The van der Waals surface area contributed by atoms with E-state index in [1.807, 2.05) is 0 Å². The molecule has 9 rings (SSSR count). The quantitative estimate of drug-likeness (QED) is 0.140. The van der Waals surface area contributed by atoms with Gasteiger partial charge in [-0.05, 0) is 67.6 Å². The molecule has 0 atom stereocenters. The maximum Gasteiger partial charge on any atom is 0.0146 e. The third-order valence-corrected chi connectivity index (χ3v) is 11.6. The fourth-order valence-electron chi connectivity index (χ4n) is 8.30. The summed E-state index contributed by atoms with van der Waals surface area (Å²) in [5.74, 6) is 0. The minimum atomic E-state index is -0.0616. The van der Waals surface area contributed by atoms with E-state index >= 15 is 0 Å². The number of hydrogen-bond acceptors (Lipinski definition) is 0. The van der Waals surface area contributed by atoms with Crippen LogP contribution >= 0.6 is 0 Å². The number of hydrogen-bond donors (Lipinski definition) is 0. The first kappa shape index (κ1) is 36.4. The van der Waals surface area contributed by atoms with E-state index in [9.17, 15) is 0 Å². The molecule has 8 aromatic rings. The molecule has 269 valence electrons. The molecule has 0 nitrogen and oxygen atoms in total. The van der Waals surface area contributed by atoms with Crippen molar-refractivity contribution in [2.45, 2.75) is 38.5 Å². The number of benzene rings is 8. The van der Waals surface area contributed by atoms with E-state index in [0.29, 0.717) is 0 Å². The molecule has 1 aliphatic carbocycles. The van der Waals surface area contributed by atoms with Crippen LogP contribution in [0.1, 0.15) is 49.9 Å². The van der Waals surface area contributed by atoms with Crippen molar-refractivity contribution in [3.8, 4) is 66.8 Å². The topological polar surface area (TPSA) is 0 Å². The van der Waals surface area contributed by atoms with Gasteiger partial charge < -0.3 is 0 Å². The van der Waals surface area contributed by atoms with Crippen LogP contribution in [0.25, 0.3) is 66.8 Å². The molecule has 0 amide bonds. The maximum atomic E-state index is 3.59. The summed E-state index contributed by atoms with van der Waals surface area (Å²) in [6.07, 6.45) is 0. The summed E-state index contributed by atoms with van der Waals surface area (Å²) in [5.41, 5.74) is 19.6. The summed E-state index contributed by atoms with van der Waals surface area (Å²) in [4.78, 5) is 0. The van der Waals surface area contributed by atoms with Crippen LogP contribution in [-0.2, 0) is 30.9 Å². The van der Waals surface area contributed by atoms with Gasteiger partial charge in [-0.2, -0.15) is 24.3 Å². The summed E-state index contributed by atoms with van der Waals surface area (Å²) in [5, 5.41) is 0. The Morgan fingerprint density at radius 3 is 1.45 bits per heavy atom. The molecule has 55 heavy (non-hydrogen) atoms. The fourth-order valence-corrected chi connectivity index (χ4v) is 8.30. The van der Waals surface area contributed by atoms with Crippen molar-refractivity contribution >= 4 is 0 Å². The second-order valence-corrected chi connectivity index (χ2v) is 15.6. The van der Waals surface area contributed by atoms with Crippen LogP contribution < -0.4 is 0 Å². The largest absolute Gasteiger partial charge is 0.226 e. The Kier molecular flexibility index (Phi) is 9.64. The van der Waals surface area contributed by atoms with Crippen molar-refractivity contribution in [1.82, 2.24) is 0 Å². The van der Waals surface area contributed by atoms with E-state index in [0.717, 1.165) is 16.7 Å². The van der Waals surface area contributed by atoms with Gasteiger partial charge in [0.2, 0.25) is 0 Å². The first-order chi connectivity index (χ1) is 26.3. The molecular formula is C54H42Ir-2. The zero-order valence-electron chi connectivity index (χ0n) is 31.7. The van der Waals surface area contributed by atoms with Crippen molar-refractivity contribution < 1.29 is 20.1 Å². The monoisotopic (exact) mass is 883 g/mol. The van der Waals surface area contributed by atoms with Crippen LogP contribution in [0.15, 0.2) is 182 Å². The molecule has 0 unspecified atom stereocenters. The normalized spacial score (nSPS) is 12.7. The summed E-state index contributed by atoms with van der Waals surface area (Å²) in [6.45, 7) is 9.23. The Bertz CT molecular complexity index is 2630. The fraction of sp³-hybridized carbons (Fsp3) is 0.111. The van der Waals surface area contributed by atoms with E-state index < -0.39 is 0 Å². The van der Waals surface area contributed by atoms with Crippen molar-refractivity contribution in [3.63, 3.8) is 0 Å². The number of rotatable bonds is 7. The predicted octanol–water partition coefficient (Wildman–Crippen LogP) is 14.3. The molecule has 0 N–H and O–H groups in total. The average Bonchev–Trinajstić information content (AvgIpc) is 3.46. The average molecular weight is 883 g/mol. The van der Waals surface area contributed by atoms with Gasteiger partial charge in [-0.25, -0.2) is 11.1 Å². The predicted molar refractivity (Wildman–Crippen MR) is 227 cm³/mol. The smallest absolute Gasteiger partial charge is 0.0146 e. The van der Waals surface area contributed by atoms with E-state index in [1.165, 1.54) is 72.3 Å². The maximum absolute atomic E-state index is 3.59. The molecule has 1 aliphatic rings. The Balaban J connectivity index is 0.00000427. The Morgan fingerprint density at radius 2 is 0.873 bits per heavy atom. The third-order valence-electron chi connectivity index (χ3n) is 11.6. The molecule has 0 aromatic heterocycles. The molecular weight excluding hydrogens is 841 g/mol. The summed E-state index contributed by atoms with van der Waals surface area (Å²) in [6, 6.07) is 73.3. The second-order valence-electron chi connectivity index (χ2n) is 15.6. The van der Waals surface area contributed by atoms with Crippen LogP contribution in [0.3, 0.4) is 0 Å². The van der Waals surface area contributed by atoms with Crippen LogP contribution in [0.4, 0.5) is 0 Å². The van der Waals surface area contributed by atoms with Gasteiger partial charge in [-0.3, -0.25) is 0 Å². The van der Waals surface area contributed by atoms with Crippen molar-refractivity contribution in [1.29, 1.82) is 0 Å². The van der Waals surface area contributed by atoms with Crippen LogP contribution in [-0.4, -0.2) is 0 Å². The summed E-state index contributed by atoms with van der Waals surface area (Å²) in [7, 11) is 0. The summed E-state index contributed by atoms with van der Waals surface area (Å²) >= 11 is 0. The second kappa shape index (κ2) is 14.6. The van der Waals surface area contributed by atoms with Crippen molar-refractivity contribution in [2.24, 2.45) is 0 Å². The van der Waals surface area contributed by atoms with Gasteiger partial charge in [0.25, 0.3) is 0 Å². The van der Waals surface area contributed by atoms with Gasteiger partial charge in [-0.15, -0.1) is 29.3 Å². The molecule has 0 bridgehead atoms. The van der Waals surface area contributed by atoms with Gasteiger partial charge >= 0.3 is 0 Å². The Morgan fingerprint density at radius 1 is 0.382 bits per heavy atom. The van der Waals surface area contributed by atoms with Gasteiger partial charge in [0.05, 0.1) is 0 Å². The molecule has 8 aromatic carbocycles. The minimum Gasteiger partial charge on any atom is -0.226 e. The van der Waals surface area contributed by atoms with Crippen LogP contribution in [0, 0.1) is 12.1 Å². The first-order valence-corrected chi connectivity index (χ1v) is 18.9. The van der Waals surface area contributed by atoms with E-state index in [2.05, 4.69) is 222 Å². The van der Waals surface area contributed by atoms with E-state index in [-0.39, 0.29) is 30.9 Å². The molecule has 0 aliphatic heterocycles. The zero-order valence-corrected chi connectivity index (χ0v) is 34.0. The Labute approximate surface area is 339 Å². The van der Waals surface area contributed by atoms with Gasteiger partial charge in [-0.1, -0.05) is 184 Å². The molecule has 0 saturated heterocycles. The first-order valence-electron chi connectivity index (χ1n) is 18.9. The van der Waals surface area contributed by atoms with Gasteiger partial charge in [0.1, 0.15) is 0 Å². The Hall–Kier alpha value is -5.59. The minimum absolute atomic E-state index is 0. The molecule has 0 spiro atoms. The molecule has 1 heteroatoms. The number of fused-ring (bicyclic) bond motifs is 3. The van der Waals surface area contributed by atoms with Crippen molar-refractivity contribution in [2.75, 3.05) is 0 Å². The van der Waals surface area contributed by atoms with E-state index in [4.69, 9.17) is 0 Å². The third kappa shape index (κ3) is 6.74.